The van der Waals surface area contributed by atoms with Gasteiger partial charge in [0.2, 0.25) is 0 Å². The molecule has 0 bridgehead atoms. The summed E-state index contributed by atoms with van der Waals surface area (Å²) in [6.07, 6.45) is 0. The number of carbonyl (C=O) groups is 1. The van der Waals surface area contributed by atoms with E-state index in [1.165, 1.54) is 11.8 Å². The third kappa shape index (κ3) is 5.20. The maximum atomic E-state index is 12.1. The quantitative estimate of drug-likeness (QED) is 0.518. The number of nitriles is 1. The standard InChI is InChI=1S/C19H14Cl2N4O2S/c20-13-5-7-14(8-6-13)27-10-17(26)23-18-15(9-22)19(25-24-18)28-11-12-3-1-2-4-16(12)21/h1-8H,10-11H2,(H2,23,24,25,26). The molecular weight excluding hydrogens is 419 g/mol. The van der Waals surface area contributed by atoms with Crippen LogP contribution in [0.4, 0.5) is 5.82 Å². The lowest BCUT2D eigenvalue weighted by atomic mass is 10.2. The molecule has 2 N–H and O–H groups in total. The number of thioether (sulfide) groups is 1. The molecule has 0 aliphatic rings. The van der Waals surface area contributed by atoms with Gasteiger partial charge in [-0.15, -0.1) is 0 Å². The van der Waals surface area contributed by atoms with Crippen LogP contribution in [0.25, 0.3) is 0 Å². The smallest absolute Gasteiger partial charge is 0.263 e. The number of halogens is 2. The zero-order valence-corrected chi connectivity index (χ0v) is 16.7. The highest BCUT2D eigenvalue weighted by Gasteiger charge is 2.16. The van der Waals surface area contributed by atoms with Crippen LogP contribution < -0.4 is 10.1 Å². The zero-order chi connectivity index (χ0) is 19.9. The number of nitrogens with one attached hydrogen (secondary N) is 2. The Morgan fingerprint density at radius 3 is 2.68 bits per heavy atom. The highest BCUT2D eigenvalue weighted by molar-refractivity contribution is 7.98. The summed E-state index contributed by atoms with van der Waals surface area (Å²) in [6, 6.07) is 16.2. The Balaban J connectivity index is 1.60. The van der Waals surface area contributed by atoms with Gasteiger partial charge in [0.05, 0.1) is 0 Å². The molecule has 142 valence electrons. The van der Waals surface area contributed by atoms with Crippen LogP contribution in [-0.4, -0.2) is 22.7 Å². The normalized spacial score (nSPS) is 10.3. The van der Waals surface area contributed by atoms with Crippen molar-refractivity contribution in [2.24, 2.45) is 0 Å². The van der Waals surface area contributed by atoms with Crippen molar-refractivity contribution in [1.82, 2.24) is 10.2 Å². The topological polar surface area (TPSA) is 90.8 Å². The summed E-state index contributed by atoms with van der Waals surface area (Å²) in [5.74, 6) is 0.874. The Morgan fingerprint density at radius 2 is 1.96 bits per heavy atom. The van der Waals surface area contributed by atoms with E-state index in [2.05, 4.69) is 21.6 Å². The second kappa shape index (κ2) is 9.51. The van der Waals surface area contributed by atoms with Crippen molar-refractivity contribution in [1.29, 1.82) is 5.26 Å². The summed E-state index contributed by atoms with van der Waals surface area (Å²) in [5, 5.41) is 20.6. The minimum absolute atomic E-state index is 0.215. The molecule has 1 amide bonds. The summed E-state index contributed by atoms with van der Waals surface area (Å²) in [6.45, 7) is -0.215. The highest BCUT2D eigenvalue weighted by atomic mass is 35.5. The first-order chi connectivity index (χ1) is 13.6. The average molecular weight is 433 g/mol. The van der Waals surface area contributed by atoms with Crippen LogP contribution in [0.3, 0.4) is 0 Å². The zero-order valence-electron chi connectivity index (χ0n) is 14.4. The van der Waals surface area contributed by atoms with Gasteiger partial charge < -0.3 is 10.1 Å². The first-order valence-electron chi connectivity index (χ1n) is 8.09. The number of aromatic nitrogens is 2. The first kappa shape index (κ1) is 20.1. The summed E-state index contributed by atoms with van der Waals surface area (Å²) >= 11 is 13.3. The number of aromatic amines is 1. The molecule has 0 aliphatic carbocycles. The molecule has 2 aromatic carbocycles. The highest BCUT2D eigenvalue weighted by Crippen LogP contribution is 2.30. The number of anilines is 1. The second-order valence-electron chi connectivity index (χ2n) is 5.56. The predicted octanol–water partition coefficient (Wildman–Crippen LogP) is 4.90. The number of amides is 1. The maximum absolute atomic E-state index is 12.1. The van der Waals surface area contributed by atoms with Crippen molar-refractivity contribution >= 4 is 46.7 Å². The van der Waals surface area contributed by atoms with E-state index in [-0.39, 0.29) is 18.0 Å². The molecular formula is C19H14Cl2N4O2S. The van der Waals surface area contributed by atoms with Gasteiger partial charge in [-0.1, -0.05) is 53.2 Å². The van der Waals surface area contributed by atoms with Crippen molar-refractivity contribution in [2.45, 2.75) is 10.8 Å². The fourth-order valence-corrected chi connectivity index (χ4v) is 3.59. The van der Waals surface area contributed by atoms with E-state index < -0.39 is 5.91 Å². The molecule has 0 fully saturated rings. The third-order valence-corrected chi connectivity index (χ3v) is 5.26. The monoisotopic (exact) mass is 432 g/mol. The molecule has 28 heavy (non-hydrogen) atoms. The number of rotatable bonds is 7. The van der Waals surface area contributed by atoms with E-state index in [4.69, 9.17) is 27.9 Å². The van der Waals surface area contributed by atoms with E-state index in [0.717, 1.165) is 5.56 Å². The summed E-state index contributed by atoms with van der Waals surface area (Å²) < 4.78 is 5.39. The van der Waals surface area contributed by atoms with Crippen LogP contribution >= 0.6 is 35.0 Å². The molecule has 9 heteroatoms. The maximum Gasteiger partial charge on any atom is 0.263 e. The SMILES string of the molecule is N#Cc1c(SCc2ccccc2Cl)n[nH]c1NC(=O)COc1ccc(Cl)cc1. The largest absolute Gasteiger partial charge is 0.484 e. The molecule has 1 aromatic heterocycles. The van der Waals surface area contributed by atoms with Gasteiger partial charge in [0, 0.05) is 15.8 Å². The van der Waals surface area contributed by atoms with Crippen LogP contribution in [0.1, 0.15) is 11.1 Å². The number of hydrogen-bond donors (Lipinski definition) is 2. The summed E-state index contributed by atoms with van der Waals surface area (Å²) in [7, 11) is 0. The molecule has 3 rings (SSSR count). The van der Waals surface area contributed by atoms with Crippen LogP contribution in [-0.2, 0) is 10.5 Å². The van der Waals surface area contributed by atoms with Crippen LogP contribution in [0.5, 0.6) is 5.75 Å². The lowest BCUT2D eigenvalue weighted by Crippen LogP contribution is -2.20. The van der Waals surface area contributed by atoms with E-state index in [9.17, 15) is 10.1 Å². The van der Waals surface area contributed by atoms with Gasteiger partial charge in [-0.25, -0.2) is 0 Å². The van der Waals surface area contributed by atoms with Gasteiger partial charge in [0.15, 0.2) is 6.61 Å². The number of nitrogens with zero attached hydrogens (tertiary/aromatic N) is 2. The van der Waals surface area contributed by atoms with Crippen molar-refractivity contribution in [2.75, 3.05) is 11.9 Å². The van der Waals surface area contributed by atoms with Gasteiger partial charge in [0.25, 0.3) is 5.91 Å². The summed E-state index contributed by atoms with van der Waals surface area (Å²) in [4.78, 5) is 12.1. The number of hydrogen-bond acceptors (Lipinski definition) is 5. The molecule has 6 nitrogen and oxygen atoms in total. The van der Waals surface area contributed by atoms with E-state index in [1.807, 2.05) is 18.2 Å². The Kier molecular flexibility index (Phi) is 6.82. The van der Waals surface area contributed by atoms with Crippen molar-refractivity contribution < 1.29 is 9.53 Å². The Hall–Kier alpha value is -2.66. The van der Waals surface area contributed by atoms with Crippen LogP contribution in [0.15, 0.2) is 53.6 Å². The van der Waals surface area contributed by atoms with Gasteiger partial charge in [-0.3, -0.25) is 9.89 Å². The van der Waals surface area contributed by atoms with E-state index in [1.54, 1.807) is 30.3 Å². The first-order valence-corrected chi connectivity index (χ1v) is 9.84. The van der Waals surface area contributed by atoms with Crippen LogP contribution in [0, 0.1) is 11.3 Å². The van der Waals surface area contributed by atoms with Crippen molar-refractivity contribution in [3.63, 3.8) is 0 Å². The number of ether oxygens (including phenoxy) is 1. The molecule has 0 unspecified atom stereocenters. The van der Waals surface area contributed by atoms with Crippen molar-refractivity contribution in [3.8, 4) is 11.8 Å². The Bertz CT molecular complexity index is 1020. The minimum Gasteiger partial charge on any atom is -0.484 e. The van der Waals surface area contributed by atoms with Gasteiger partial charge in [-0.2, -0.15) is 10.4 Å². The second-order valence-corrected chi connectivity index (χ2v) is 7.37. The molecule has 0 radical (unpaired) electrons. The van der Waals surface area contributed by atoms with E-state index in [0.29, 0.717) is 26.6 Å². The fourth-order valence-electron chi connectivity index (χ4n) is 2.24. The predicted molar refractivity (Wildman–Crippen MR) is 110 cm³/mol. The number of benzene rings is 2. The fraction of sp³-hybridized carbons (Fsp3) is 0.105. The Morgan fingerprint density at radius 1 is 1.21 bits per heavy atom. The third-order valence-electron chi connectivity index (χ3n) is 3.62. The molecule has 0 spiro atoms. The summed E-state index contributed by atoms with van der Waals surface area (Å²) in [5.41, 5.74) is 1.19. The molecule has 3 aromatic rings. The van der Waals surface area contributed by atoms with Gasteiger partial charge in [-0.05, 0) is 35.9 Å². The van der Waals surface area contributed by atoms with Crippen LogP contribution in [0.2, 0.25) is 10.0 Å². The van der Waals surface area contributed by atoms with Gasteiger partial charge in [0.1, 0.15) is 28.2 Å². The average Bonchev–Trinajstić information content (AvgIpc) is 3.08. The van der Waals surface area contributed by atoms with Crippen molar-refractivity contribution in [3.05, 3.63) is 69.7 Å². The van der Waals surface area contributed by atoms with Gasteiger partial charge >= 0.3 is 0 Å². The molecule has 0 atom stereocenters. The number of H-pyrrole nitrogens is 1. The lowest BCUT2D eigenvalue weighted by molar-refractivity contribution is -0.118. The molecule has 1 heterocycles. The minimum atomic E-state index is -0.419. The molecule has 0 aliphatic heterocycles. The lowest BCUT2D eigenvalue weighted by Gasteiger charge is -2.06. The molecule has 0 saturated carbocycles. The number of carbonyl (C=O) groups excluding carboxylic acids is 1. The molecule has 0 saturated heterocycles. The van der Waals surface area contributed by atoms with E-state index >= 15 is 0 Å². The Labute approximate surface area is 175 Å².